The van der Waals surface area contributed by atoms with E-state index in [4.69, 9.17) is 9.47 Å². The minimum atomic E-state index is -3.82. The van der Waals surface area contributed by atoms with Crippen LogP contribution >= 0.6 is 0 Å². The van der Waals surface area contributed by atoms with Crippen LogP contribution in [0.25, 0.3) is 0 Å². The molecule has 0 spiro atoms. The van der Waals surface area contributed by atoms with E-state index in [0.717, 1.165) is 31.7 Å². The lowest BCUT2D eigenvalue weighted by Crippen LogP contribution is -2.49. The van der Waals surface area contributed by atoms with E-state index in [2.05, 4.69) is 26.7 Å². The summed E-state index contributed by atoms with van der Waals surface area (Å²) in [6, 6.07) is 19.6. The summed E-state index contributed by atoms with van der Waals surface area (Å²) in [5.74, 6) is 0.912. The highest BCUT2D eigenvalue weighted by Crippen LogP contribution is 2.36. The Morgan fingerprint density at radius 2 is 1.69 bits per heavy atom. The summed E-state index contributed by atoms with van der Waals surface area (Å²) in [6.07, 6.45) is 0. The molecule has 1 atom stereocenters. The fourth-order valence-corrected chi connectivity index (χ4v) is 5.69. The van der Waals surface area contributed by atoms with Crippen molar-refractivity contribution in [2.75, 3.05) is 44.4 Å². The lowest BCUT2D eigenvalue weighted by molar-refractivity contribution is 0.173. The van der Waals surface area contributed by atoms with Gasteiger partial charge in [-0.05, 0) is 60.5 Å². The fraction of sp³-hybridized carbons (Fsp3) is 0.308. The first kappa shape index (κ1) is 23.6. The molecule has 3 aromatic carbocycles. The van der Waals surface area contributed by atoms with Crippen LogP contribution in [0, 0.1) is 12.7 Å². The number of halogens is 1. The Labute approximate surface area is 205 Å². The van der Waals surface area contributed by atoms with Crippen molar-refractivity contribution in [1.82, 2.24) is 9.62 Å². The van der Waals surface area contributed by atoms with Gasteiger partial charge in [-0.25, -0.2) is 17.5 Å². The minimum absolute atomic E-state index is 0.0507. The van der Waals surface area contributed by atoms with E-state index in [1.54, 1.807) is 6.92 Å². The molecule has 9 heteroatoms. The summed E-state index contributed by atoms with van der Waals surface area (Å²) in [6.45, 7) is 5.09. The summed E-state index contributed by atoms with van der Waals surface area (Å²) in [5.41, 5.74) is 2.41. The Hall–Kier alpha value is -3.14. The van der Waals surface area contributed by atoms with Gasteiger partial charge in [-0.1, -0.05) is 24.3 Å². The van der Waals surface area contributed by atoms with Crippen molar-refractivity contribution in [3.8, 4) is 11.5 Å². The Morgan fingerprint density at radius 1 is 0.943 bits per heavy atom. The Bertz CT molecular complexity index is 1300. The molecule has 2 aliphatic rings. The number of rotatable bonds is 7. The largest absolute Gasteiger partial charge is 0.454 e. The van der Waals surface area contributed by atoms with Gasteiger partial charge in [-0.3, -0.25) is 4.90 Å². The van der Waals surface area contributed by atoms with Gasteiger partial charge in [0.25, 0.3) is 0 Å². The van der Waals surface area contributed by atoms with Crippen LogP contribution < -0.4 is 19.1 Å². The molecule has 35 heavy (non-hydrogen) atoms. The van der Waals surface area contributed by atoms with E-state index in [-0.39, 0.29) is 29.8 Å². The third-order valence-electron chi connectivity index (χ3n) is 6.56. The van der Waals surface area contributed by atoms with Gasteiger partial charge in [-0.15, -0.1) is 0 Å². The van der Waals surface area contributed by atoms with Gasteiger partial charge in [0.05, 0.1) is 4.90 Å². The van der Waals surface area contributed by atoms with Crippen LogP contribution in [0.15, 0.2) is 71.6 Å². The summed E-state index contributed by atoms with van der Waals surface area (Å²) < 4.78 is 53.5. The van der Waals surface area contributed by atoms with Crippen molar-refractivity contribution in [3.63, 3.8) is 0 Å². The standard InChI is InChI=1S/C26H28FN3O4S/c1-19-15-22(8-9-23(19)27)35(31,32)28-17-24(20-7-10-25-26(16-20)34-18-33-25)30-13-11-29(12-14-30)21-5-3-2-4-6-21/h2-10,15-16,24,28H,11-14,17-18H2,1H3/t24-/m1/s1. The van der Waals surface area contributed by atoms with Crippen molar-refractivity contribution in [2.45, 2.75) is 17.9 Å². The number of nitrogens with zero attached hydrogens (tertiary/aromatic N) is 2. The predicted octanol–water partition coefficient (Wildman–Crippen LogP) is 3.70. The maximum atomic E-state index is 13.7. The molecule has 2 aliphatic heterocycles. The van der Waals surface area contributed by atoms with Crippen LogP contribution in [-0.4, -0.2) is 52.8 Å². The number of ether oxygens (including phenoxy) is 2. The number of sulfonamides is 1. The highest BCUT2D eigenvalue weighted by Gasteiger charge is 2.28. The van der Waals surface area contributed by atoms with Gasteiger partial charge in [-0.2, -0.15) is 0 Å². The van der Waals surface area contributed by atoms with Crippen LogP contribution in [0.2, 0.25) is 0 Å². The smallest absolute Gasteiger partial charge is 0.240 e. The Morgan fingerprint density at radius 3 is 2.43 bits per heavy atom. The highest BCUT2D eigenvalue weighted by molar-refractivity contribution is 7.89. The average Bonchev–Trinajstić information content (AvgIpc) is 3.35. The minimum Gasteiger partial charge on any atom is -0.454 e. The number of nitrogens with one attached hydrogen (secondary N) is 1. The molecule has 0 radical (unpaired) electrons. The molecule has 0 amide bonds. The van der Waals surface area contributed by atoms with E-state index in [9.17, 15) is 12.8 Å². The lowest BCUT2D eigenvalue weighted by atomic mass is 10.0. The number of aryl methyl sites for hydroxylation is 1. The summed E-state index contributed by atoms with van der Waals surface area (Å²) >= 11 is 0. The van der Waals surface area contributed by atoms with E-state index < -0.39 is 15.8 Å². The molecule has 0 saturated carbocycles. The van der Waals surface area contributed by atoms with Crippen LogP contribution in [0.5, 0.6) is 11.5 Å². The molecule has 2 heterocycles. The zero-order valence-corrected chi connectivity index (χ0v) is 20.3. The second-order valence-corrected chi connectivity index (χ2v) is 10.5. The third-order valence-corrected chi connectivity index (χ3v) is 7.99. The third kappa shape index (κ3) is 5.12. The average molecular weight is 498 g/mol. The molecule has 0 bridgehead atoms. The van der Waals surface area contributed by atoms with Crippen molar-refractivity contribution < 1.29 is 22.3 Å². The van der Waals surface area contributed by atoms with Gasteiger partial charge < -0.3 is 14.4 Å². The summed E-state index contributed by atoms with van der Waals surface area (Å²) in [7, 11) is -3.82. The van der Waals surface area contributed by atoms with Gasteiger partial charge in [0.1, 0.15) is 5.82 Å². The van der Waals surface area contributed by atoms with Crippen LogP contribution in [0.1, 0.15) is 17.2 Å². The van der Waals surface area contributed by atoms with E-state index in [0.29, 0.717) is 11.5 Å². The van der Waals surface area contributed by atoms with Crippen LogP contribution in [0.4, 0.5) is 10.1 Å². The molecule has 1 fully saturated rings. The van der Waals surface area contributed by atoms with Crippen LogP contribution in [0.3, 0.4) is 0 Å². The quantitative estimate of drug-likeness (QED) is 0.537. The predicted molar refractivity (Wildman–Crippen MR) is 132 cm³/mol. The topological polar surface area (TPSA) is 71.1 Å². The second-order valence-electron chi connectivity index (χ2n) is 8.75. The van der Waals surface area contributed by atoms with E-state index in [1.807, 2.05) is 36.4 Å². The van der Waals surface area contributed by atoms with Crippen molar-refractivity contribution >= 4 is 15.7 Å². The number of piperazine rings is 1. The van der Waals surface area contributed by atoms with E-state index in [1.165, 1.54) is 23.9 Å². The normalized spacial score (nSPS) is 16.9. The first-order chi connectivity index (χ1) is 16.9. The molecule has 7 nitrogen and oxygen atoms in total. The second kappa shape index (κ2) is 9.85. The number of fused-ring (bicyclic) bond motifs is 1. The van der Waals surface area contributed by atoms with Gasteiger partial charge in [0, 0.05) is 44.5 Å². The number of hydrogen-bond donors (Lipinski definition) is 1. The molecule has 1 N–H and O–H groups in total. The van der Waals surface area contributed by atoms with Crippen molar-refractivity contribution in [3.05, 3.63) is 83.7 Å². The van der Waals surface area contributed by atoms with E-state index >= 15 is 0 Å². The molecule has 5 rings (SSSR count). The molecule has 0 unspecified atom stereocenters. The SMILES string of the molecule is Cc1cc(S(=O)(=O)NC[C@H](c2ccc3c(c2)OCO3)N2CCN(c3ccccc3)CC2)ccc1F. The lowest BCUT2D eigenvalue weighted by Gasteiger charge is -2.40. The molecular formula is C26H28FN3O4S. The number of benzene rings is 3. The van der Waals surface area contributed by atoms with Crippen LogP contribution in [-0.2, 0) is 10.0 Å². The zero-order valence-electron chi connectivity index (χ0n) is 19.5. The monoisotopic (exact) mass is 497 g/mol. The zero-order chi connectivity index (χ0) is 24.4. The maximum Gasteiger partial charge on any atom is 0.240 e. The van der Waals surface area contributed by atoms with Gasteiger partial charge in [0.2, 0.25) is 16.8 Å². The Kier molecular flexibility index (Phi) is 6.64. The Balaban J connectivity index is 1.36. The van der Waals surface area contributed by atoms with Crippen molar-refractivity contribution in [2.24, 2.45) is 0 Å². The molecule has 0 aliphatic carbocycles. The van der Waals surface area contributed by atoms with Gasteiger partial charge in [0.15, 0.2) is 11.5 Å². The highest BCUT2D eigenvalue weighted by atomic mass is 32.2. The molecule has 3 aromatic rings. The summed E-state index contributed by atoms with van der Waals surface area (Å²) in [4.78, 5) is 4.67. The first-order valence-electron chi connectivity index (χ1n) is 11.6. The number of hydrogen-bond acceptors (Lipinski definition) is 6. The molecule has 1 saturated heterocycles. The maximum absolute atomic E-state index is 13.7. The van der Waals surface area contributed by atoms with Gasteiger partial charge >= 0.3 is 0 Å². The fourth-order valence-electron chi connectivity index (χ4n) is 4.57. The first-order valence-corrected chi connectivity index (χ1v) is 13.1. The van der Waals surface area contributed by atoms with Crippen molar-refractivity contribution in [1.29, 1.82) is 0 Å². The summed E-state index contributed by atoms with van der Waals surface area (Å²) in [5, 5.41) is 0. The molecular weight excluding hydrogens is 469 g/mol. The number of anilines is 1. The molecule has 184 valence electrons. The molecule has 0 aromatic heterocycles. The number of para-hydroxylation sites is 1.